The van der Waals surface area contributed by atoms with Crippen LogP contribution in [0.25, 0.3) is 6.08 Å². The van der Waals surface area contributed by atoms with Crippen LogP contribution in [0.3, 0.4) is 0 Å². The van der Waals surface area contributed by atoms with Crippen LogP contribution >= 0.6 is 24.0 Å². The highest BCUT2D eigenvalue weighted by atomic mass is 32.2. The number of thioether (sulfide) groups is 1. The zero-order valence-electron chi connectivity index (χ0n) is 14.5. The van der Waals surface area contributed by atoms with Gasteiger partial charge in [0.15, 0.2) is 5.75 Å². The molecule has 2 rings (SSSR count). The van der Waals surface area contributed by atoms with Gasteiger partial charge in [0.1, 0.15) is 4.32 Å². The second-order valence-corrected chi connectivity index (χ2v) is 7.40. The van der Waals surface area contributed by atoms with Gasteiger partial charge in [-0.05, 0) is 30.5 Å². The smallest absolute Gasteiger partial charge is 0.311 e. The lowest BCUT2D eigenvalue weighted by atomic mass is 10.1. The van der Waals surface area contributed by atoms with Gasteiger partial charge in [0.25, 0.3) is 5.91 Å². The van der Waals surface area contributed by atoms with Crippen molar-refractivity contribution in [3.63, 3.8) is 0 Å². The Hall–Kier alpha value is -2.46. The van der Waals surface area contributed by atoms with E-state index in [0.717, 1.165) is 11.8 Å². The van der Waals surface area contributed by atoms with Crippen molar-refractivity contribution < 1.29 is 24.4 Å². The summed E-state index contributed by atoms with van der Waals surface area (Å²) in [5, 5.41) is 19.7. The van der Waals surface area contributed by atoms with Crippen LogP contribution in [0.2, 0.25) is 0 Å². The van der Waals surface area contributed by atoms with Gasteiger partial charge in [0.2, 0.25) is 0 Å². The number of nitro benzene ring substituents is 1. The van der Waals surface area contributed by atoms with Crippen molar-refractivity contribution in [2.45, 2.75) is 25.7 Å². The molecule has 1 N–H and O–H groups in total. The number of methoxy groups -OCH3 is 1. The van der Waals surface area contributed by atoms with Crippen molar-refractivity contribution >= 4 is 51.9 Å². The molecule has 0 saturated carbocycles. The Morgan fingerprint density at radius 3 is 2.78 bits per heavy atom. The molecule has 144 valence electrons. The second-order valence-electron chi connectivity index (χ2n) is 5.73. The zero-order chi connectivity index (χ0) is 20.0. The lowest BCUT2D eigenvalue weighted by molar-refractivity contribution is -0.385. The van der Waals surface area contributed by atoms with Crippen LogP contribution in [0.15, 0.2) is 23.1 Å². The number of hydrogen-bond acceptors (Lipinski definition) is 7. The molecule has 1 aromatic rings. The highest BCUT2D eigenvalue weighted by Crippen LogP contribution is 2.34. The second kappa shape index (κ2) is 9.47. The third kappa shape index (κ3) is 5.51. The van der Waals surface area contributed by atoms with Gasteiger partial charge in [0.05, 0.1) is 16.9 Å². The van der Waals surface area contributed by atoms with Gasteiger partial charge in [-0.3, -0.25) is 24.6 Å². The van der Waals surface area contributed by atoms with Gasteiger partial charge < -0.3 is 9.84 Å². The van der Waals surface area contributed by atoms with Gasteiger partial charge in [-0.2, -0.15) is 0 Å². The number of carboxylic acid groups (broad SMARTS) is 1. The third-order valence-corrected chi connectivity index (χ3v) is 5.22. The molecule has 0 atom stereocenters. The molecule has 1 amide bonds. The summed E-state index contributed by atoms with van der Waals surface area (Å²) in [5.41, 5.74) is 0.324. The van der Waals surface area contributed by atoms with Gasteiger partial charge >= 0.3 is 11.7 Å². The summed E-state index contributed by atoms with van der Waals surface area (Å²) in [6.45, 7) is 0.421. The summed E-state index contributed by atoms with van der Waals surface area (Å²) >= 11 is 6.39. The van der Waals surface area contributed by atoms with E-state index in [1.807, 2.05) is 0 Å². The van der Waals surface area contributed by atoms with E-state index in [4.69, 9.17) is 22.1 Å². The van der Waals surface area contributed by atoms with E-state index in [-0.39, 0.29) is 23.8 Å². The molecule has 1 fully saturated rings. The summed E-state index contributed by atoms with van der Waals surface area (Å²) in [4.78, 5) is 35.5. The highest BCUT2D eigenvalue weighted by molar-refractivity contribution is 8.26. The minimum absolute atomic E-state index is 0.106. The number of hydrogen-bond donors (Lipinski definition) is 1. The Kier molecular flexibility index (Phi) is 7.31. The van der Waals surface area contributed by atoms with Crippen LogP contribution in [0.4, 0.5) is 5.69 Å². The van der Waals surface area contributed by atoms with E-state index in [1.165, 1.54) is 24.1 Å². The first-order valence-electron chi connectivity index (χ1n) is 8.13. The predicted molar refractivity (Wildman–Crippen MR) is 106 cm³/mol. The van der Waals surface area contributed by atoms with Crippen molar-refractivity contribution in [1.82, 2.24) is 4.90 Å². The van der Waals surface area contributed by atoms with Crippen molar-refractivity contribution in [1.29, 1.82) is 0 Å². The van der Waals surface area contributed by atoms with Crippen molar-refractivity contribution in [3.05, 3.63) is 38.8 Å². The Morgan fingerprint density at radius 2 is 2.15 bits per heavy atom. The molecular weight excluding hydrogens is 392 g/mol. The standard InChI is InChI=1S/C17H18N2O6S2/c1-25-13-7-6-11(9-12(13)19(23)24)10-14-16(22)18(17(26)27-14)8-4-2-3-5-15(20)21/h6-7,9-10H,2-5,8H2,1H3,(H,20,21)/b14-10-. The number of unbranched alkanes of at least 4 members (excludes halogenated alkanes) is 2. The number of ether oxygens (including phenoxy) is 1. The maximum Gasteiger partial charge on any atom is 0.311 e. The minimum atomic E-state index is -0.836. The molecule has 0 unspecified atom stereocenters. The number of benzene rings is 1. The van der Waals surface area contributed by atoms with Gasteiger partial charge in [-0.1, -0.05) is 36.5 Å². The van der Waals surface area contributed by atoms with E-state index in [0.29, 0.717) is 40.6 Å². The number of thiocarbonyl (C=S) groups is 1. The van der Waals surface area contributed by atoms with Crippen molar-refractivity contribution in [2.24, 2.45) is 0 Å². The minimum Gasteiger partial charge on any atom is -0.490 e. The van der Waals surface area contributed by atoms with Gasteiger partial charge in [-0.25, -0.2) is 0 Å². The van der Waals surface area contributed by atoms with Crippen LogP contribution in [0.5, 0.6) is 5.75 Å². The summed E-state index contributed by atoms with van der Waals surface area (Å²) < 4.78 is 5.39. The first-order chi connectivity index (χ1) is 12.8. The Balaban J connectivity index is 2.06. The molecule has 0 bridgehead atoms. The van der Waals surface area contributed by atoms with Gasteiger partial charge in [0, 0.05) is 19.0 Å². The summed E-state index contributed by atoms with van der Waals surface area (Å²) in [6, 6.07) is 4.45. The molecule has 10 heteroatoms. The number of nitro groups is 1. The molecule has 0 radical (unpaired) electrons. The van der Waals surface area contributed by atoms with Crippen molar-refractivity contribution in [3.8, 4) is 5.75 Å². The molecular formula is C17H18N2O6S2. The fraction of sp³-hybridized carbons (Fsp3) is 0.353. The maximum absolute atomic E-state index is 12.5. The molecule has 1 saturated heterocycles. The van der Waals surface area contributed by atoms with E-state index >= 15 is 0 Å². The molecule has 0 aliphatic carbocycles. The van der Waals surface area contributed by atoms with E-state index in [9.17, 15) is 19.7 Å². The molecule has 1 aliphatic heterocycles. The van der Waals surface area contributed by atoms with E-state index in [1.54, 1.807) is 12.1 Å². The molecule has 27 heavy (non-hydrogen) atoms. The molecule has 0 aromatic heterocycles. The largest absolute Gasteiger partial charge is 0.490 e. The fourth-order valence-corrected chi connectivity index (χ4v) is 3.82. The van der Waals surface area contributed by atoms with Crippen LogP contribution in [-0.2, 0) is 9.59 Å². The molecule has 8 nitrogen and oxygen atoms in total. The Labute approximate surface area is 165 Å². The molecule has 1 heterocycles. The third-order valence-electron chi connectivity index (χ3n) is 3.84. The number of amides is 1. The Bertz CT molecular complexity index is 809. The topological polar surface area (TPSA) is 110 Å². The lowest BCUT2D eigenvalue weighted by Crippen LogP contribution is -2.29. The number of aliphatic carboxylic acids is 1. The first kappa shape index (κ1) is 20.8. The predicted octanol–water partition coefficient (Wildman–Crippen LogP) is 3.45. The molecule has 1 aliphatic rings. The summed E-state index contributed by atoms with van der Waals surface area (Å²) in [5.74, 6) is -0.940. The lowest BCUT2D eigenvalue weighted by Gasteiger charge is -2.13. The van der Waals surface area contributed by atoms with E-state index in [2.05, 4.69) is 0 Å². The van der Waals surface area contributed by atoms with Crippen LogP contribution < -0.4 is 4.74 Å². The van der Waals surface area contributed by atoms with Crippen molar-refractivity contribution in [2.75, 3.05) is 13.7 Å². The SMILES string of the molecule is COc1ccc(/C=C2\SC(=S)N(CCCCCC(=O)O)C2=O)cc1[N+](=O)[O-]. The molecule has 0 spiro atoms. The highest BCUT2D eigenvalue weighted by Gasteiger charge is 2.31. The van der Waals surface area contributed by atoms with Crippen LogP contribution in [0.1, 0.15) is 31.2 Å². The maximum atomic E-state index is 12.5. The van der Waals surface area contributed by atoms with E-state index < -0.39 is 10.9 Å². The summed E-state index contributed by atoms with van der Waals surface area (Å²) in [7, 11) is 1.35. The number of rotatable bonds is 9. The average Bonchev–Trinajstić information content (AvgIpc) is 2.88. The van der Waals surface area contributed by atoms with Gasteiger partial charge in [-0.15, -0.1) is 0 Å². The fourth-order valence-electron chi connectivity index (χ4n) is 2.51. The number of carbonyl (C=O) groups is 2. The normalized spacial score (nSPS) is 15.4. The van der Waals surface area contributed by atoms with Crippen LogP contribution in [0, 0.1) is 10.1 Å². The number of nitrogens with zero attached hydrogens (tertiary/aromatic N) is 2. The Morgan fingerprint density at radius 1 is 1.41 bits per heavy atom. The number of carbonyl (C=O) groups excluding carboxylic acids is 1. The number of carboxylic acids is 1. The van der Waals surface area contributed by atoms with Crippen LogP contribution in [-0.4, -0.2) is 44.8 Å². The summed E-state index contributed by atoms with van der Waals surface area (Å²) in [6.07, 6.45) is 3.56. The average molecular weight is 410 g/mol. The molecule has 1 aromatic carbocycles. The first-order valence-corrected chi connectivity index (χ1v) is 9.35. The quantitative estimate of drug-likeness (QED) is 0.217. The monoisotopic (exact) mass is 410 g/mol. The zero-order valence-corrected chi connectivity index (χ0v) is 16.2.